The molecular weight excluding hydrogens is 284 g/mol. The summed E-state index contributed by atoms with van der Waals surface area (Å²) in [5, 5.41) is 0. The van der Waals surface area contributed by atoms with E-state index in [1.165, 1.54) is 0 Å². The van der Waals surface area contributed by atoms with Gasteiger partial charge in [-0.2, -0.15) is 0 Å². The molecule has 118 valence electrons. The van der Waals surface area contributed by atoms with E-state index in [1.54, 1.807) is 6.08 Å². The Hall–Kier alpha value is -2.34. The molecule has 2 aromatic rings. The average Bonchev–Trinajstić information content (AvgIpc) is 2.63. The summed E-state index contributed by atoms with van der Waals surface area (Å²) < 4.78 is 11.7. The Labute approximate surface area is 138 Å². The minimum Gasteiger partial charge on any atom is -0.369 e. The van der Waals surface area contributed by atoms with Gasteiger partial charge in [-0.3, -0.25) is 0 Å². The first-order valence-corrected chi connectivity index (χ1v) is 7.71. The van der Waals surface area contributed by atoms with Crippen LogP contribution in [0.25, 0.3) is 0 Å². The molecule has 0 unspecified atom stereocenters. The summed E-state index contributed by atoms with van der Waals surface area (Å²) >= 11 is 0. The molecule has 0 saturated carbocycles. The first-order valence-electron chi connectivity index (χ1n) is 7.71. The van der Waals surface area contributed by atoms with Crippen molar-refractivity contribution in [2.75, 3.05) is 0 Å². The molecule has 0 bridgehead atoms. The molecule has 0 heterocycles. The van der Waals surface area contributed by atoms with Gasteiger partial charge in [0.1, 0.15) is 6.10 Å². The van der Waals surface area contributed by atoms with Crippen molar-refractivity contribution in [3.05, 3.63) is 84.4 Å². The Morgan fingerprint density at radius 2 is 1.43 bits per heavy atom. The van der Waals surface area contributed by atoms with E-state index in [0.717, 1.165) is 11.1 Å². The second-order valence-electron chi connectivity index (χ2n) is 5.26. The molecule has 0 spiro atoms. The standard InChI is InChI=1S/C21H22O2/c1-3-20(22-16-18-11-7-5-8-12-18)15-21(4-2)23-17-19-13-9-6-10-14-19/h1,4-14,20-21H,2,15-17H2/t20-,21+/m0/s1. The van der Waals surface area contributed by atoms with Gasteiger partial charge in [-0.25, -0.2) is 0 Å². The van der Waals surface area contributed by atoms with Crippen LogP contribution in [0.2, 0.25) is 0 Å². The van der Waals surface area contributed by atoms with Crippen molar-refractivity contribution in [2.24, 2.45) is 0 Å². The van der Waals surface area contributed by atoms with Crippen molar-refractivity contribution < 1.29 is 9.47 Å². The summed E-state index contributed by atoms with van der Waals surface area (Å²) in [6.07, 6.45) is 7.53. The van der Waals surface area contributed by atoms with E-state index in [1.807, 2.05) is 60.7 Å². The van der Waals surface area contributed by atoms with Crippen molar-refractivity contribution in [3.63, 3.8) is 0 Å². The maximum absolute atomic E-state index is 5.87. The van der Waals surface area contributed by atoms with Crippen molar-refractivity contribution in [1.29, 1.82) is 0 Å². The Balaban J connectivity index is 1.81. The summed E-state index contributed by atoms with van der Waals surface area (Å²) in [4.78, 5) is 0. The van der Waals surface area contributed by atoms with E-state index in [-0.39, 0.29) is 12.2 Å². The molecule has 0 N–H and O–H groups in total. The SMILES string of the molecule is C#C[C@@H](C[C@@H](C=C)OCc1ccccc1)OCc1ccccc1. The van der Waals surface area contributed by atoms with Crippen LogP contribution in [0.1, 0.15) is 17.5 Å². The fourth-order valence-electron chi connectivity index (χ4n) is 2.18. The van der Waals surface area contributed by atoms with Crippen molar-refractivity contribution >= 4 is 0 Å². The zero-order valence-corrected chi connectivity index (χ0v) is 13.2. The molecule has 0 aliphatic heterocycles. The van der Waals surface area contributed by atoms with Crippen molar-refractivity contribution in [3.8, 4) is 12.3 Å². The molecule has 0 aliphatic rings. The van der Waals surface area contributed by atoms with E-state index >= 15 is 0 Å². The fourth-order valence-corrected chi connectivity index (χ4v) is 2.18. The average molecular weight is 306 g/mol. The summed E-state index contributed by atoms with van der Waals surface area (Å²) in [6, 6.07) is 20.0. The van der Waals surface area contributed by atoms with Gasteiger partial charge in [-0.1, -0.05) is 72.7 Å². The van der Waals surface area contributed by atoms with E-state index < -0.39 is 0 Å². The second-order valence-corrected chi connectivity index (χ2v) is 5.26. The number of hydrogen-bond acceptors (Lipinski definition) is 2. The molecule has 0 radical (unpaired) electrons. The van der Waals surface area contributed by atoms with Crippen LogP contribution in [0.3, 0.4) is 0 Å². The molecular formula is C21H22O2. The summed E-state index contributed by atoms with van der Waals surface area (Å²) in [6.45, 7) is 4.86. The van der Waals surface area contributed by atoms with E-state index in [0.29, 0.717) is 19.6 Å². The summed E-state index contributed by atoms with van der Waals surface area (Å²) in [7, 11) is 0. The minimum absolute atomic E-state index is 0.132. The van der Waals surface area contributed by atoms with E-state index in [4.69, 9.17) is 15.9 Å². The largest absolute Gasteiger partial charge is 0.369 e. The lowest BCUT2D eigenvalue weighted by molar-refractivity contribution is 0.0108. The molecule has 2 rings (SSSR count). The van der Waals surface area contributed by atoms with Crippen molar-refractivity contribution in [1.82, 2.24) is 0 Å². The summed E-state index contributed by atoms with van der Waals surface area (Å²) in [5.41, 5.74) is 2.23. The number of terminal acetylenes is 1. The highest BCUT2D eigenvalue weighted by Gasteiger charge is 2.13. The molecule has 2 heteroatoms. The highest BCUT2D eigenvalue weighted by atomic mass is 16.5. The van der Waals surface area contributed by atoms with Crippen LogP contribution < -0.4 is 0 Å². The fraction of sp³-hybridized carbons (Fsp3) is 0.238. The predicted molar refractivity (Wildman–Crippen MR) is 93.7 cm³/mol. The van der Waals surface area contributed by atoms with Gasteiger partial charge < -0.3 is 9.47 Å². The Morgan fingerprint density at radius 3 is 1.91 bits per heavy atom. The van der Waals surface area contributed by atoms with Gasteiger partial charge in [-0.05, 0) is 11.1 Å². The van der Waals surface area contributed by atoms with Crippen LogP contribution >= 0.6 is 0 Å². The third-order valence-corrected chi connectivity index (χ3v) is 3.50. The van der Waals surface area contributed by atoms with Crippen LogP contribution in [0.5, 0.6) is 0 Å². The number of rotatable bonds is 9. The number of benzene rings is 2. The third kappa shape index (κ3) is 6.12. The maximum Gasteiger partial charge on any atom is 0.121 e. The van der Waals surface area contributed by atoms with Gasteiger partial charge in [0, 0.05) is 6.42 Å². The second kappa shape index (κ2) is 9.63. The monoisotopic (exact) mass is 306 g/mol. The van der Waals surface area contributed by atoms with E-state index in [2.05, 4.69) is 12.5 Å². The molecule has 2 nitrogen and oxygen atoms in total. The minimum atomic E-state index is -0.297. The zero-order valence-electron chi connectivity index (χ0n) is 13.2. The van der Waals surface area contributed by atoms with Crippen LogP contribution in [0.4, 0.5) is 0 Å². The van der Waals surface area contributed by atoms with Gasteiger partial charge in [0.25, 0.3) is 0 Å². The van der Waals surface area contributed by atoms with Crippen LogP contribution in [-0.2, 0) is 22.7 Å². The van der Waals surface area contributed by atoms with E-state index in [9.17, 15) is 0 Å². The quantitative estimate of drug-likeness (QED) is 0.506. The van der Waals surface area contributed by atoms with Gasteiger partial charge in [-0.15, -0.1) is 13.0 Å². The lowest BCUT2D eigenvalue weighted by atomic mass is 10.1. The lowest BCUT2D eigenvalue weighted by Gasteiger charge is -2.19. The summed E-state index contributed by atoms with van der Waals surface area (Å²) in [5.74, 6) is 2.69. The zero-order chi connectivity index (χ0) is 16.3. The molecule has 2 atom stereocenters. The highest BCUT2D eigenvalue weighted by molar-refractivity contribution is 5.14. The van der Waals surface area contributed by atoms with Crippen LogP contribution in [0, 0.1) is 12.3 Å². The molecule has 0 aromatic heterocycles. The van der Waals surface area contributed by atoms with Gasteiger partial charge in [0.2, 0.25) is 0 Å². The smallest absolute Gasteiger partial charge is 0.121 e. The van der Waals surface area contributed by atoms with Gasteiger partial charge in [0.15, 0.2) is 0 Å². The highest BCUT2D eigenvalue weighted by Crippen LogP contribution is 2.12. The number of hydrogen-bond donors (Lipinski definition) is 0. The lowest BCUT2D eigenvalue weighted by Crippen LogP contribution is -2.20. The van der Waals surface area contributed by atoms with Gasteiger partial charge in [0.05, 0.1) is 19.3 Å². The predicted octanol–water partition coefficient (Wildman–Crippen LogP) is 4.37. The maximum atomic E-state index is 5.87. The molecule has 0 amide bonds. The van der Waals surface area contributed by atoms with Gasteiger partial charge >= 0.3 is 0 Å². The normalized spacial score (nSPS) is 13.0. The Morgan fingerprint density at radius 1 is 0.913 bits per heavy atom. The number of ether oxygens (including phenoxy) is 2. The first kappa shape index (κ1) is 17.0. The Bertz CT molecular complexity index is 613. The third-order valence-electron chi connectivity index (χ3n) is 3.50. The molecule has 0 aliphatic carbocycles. The van der Waals surface area contributed by atoms with Crippen LogP contribution in [0.15, 0.2) is 73.3 Å². The molecule has 0 saturated heterocycles. The molecule has 2 aromatic carbocycles. The Kier molecular flexibility index (Phi) is 7.13. The first-order chi connectivity index (χ1) is 11.3. The molecule has 0 fully saturated rings. The molecule has 23 heavy (non-hydrogen) atoms. The topological polar surface area (TPSA) is 18.5 Å². The van der Waals surface area contributed by atoms with Crippen molar-refractivity contribution in [2.45, 2.75) is 31.8 Å². The van der Waals surface area contributed by atoms with Crippen LogP contribution in [-0.4, -0.2) is 12.2 Å².